The minimum atomic E-state index is -0.114. The second-order valence-corrected chi connectivity index (χ2v) is 5.00. The second kappa shape index (κ2) is 6.69. The van der Waals surface area contributed by atoms with Crippen LogP contribution in [-0.2, 0) is 9.53 Å². The molecule has 0 radical (unpaired) electrons. The van der Waals surface area contributed by atoms with E-state index in [9.17, 15) is 9.90 Å². The van der Waals surface area contributed by atoms with Gasteiger partial charge in [0.2, 0.25) is 5.91 Å². The van der Waals surface area contributed by atoms with Crippen LogP contribution >= 0.6 is 0 Å². The zero-order valence-corrected chi connectivity index (χ0v) is 11.6. The minimum Gasteiger partial charge on any atom is -0.399 e. The maximum Gasteiger partial charge on any atom is 0.238 e. The lowest BCUT2D eigenvalue weighted by atomic mass is 10.2. The summed E-state index contributed by atoms with van der Waals surface area (Å²) in [6.45, 7) is 3.84. The third kappa shape index (κ3) is 3.69. The summed E-state index contributed by atoms with van der Waals surface area (Å²) in [6.07, 6.45) is 0. The van der Waals surface area contributed by atoms with Crippen LogP contribution in [0.4, 0.5) is 11.4 Å². The van der Waals surface area contributed by atoms with Gasteiger partial charge in [-0.3, -0.25) is 9.69 Å². The number of aryl methyl sites for hydroxylation is 1. The Balaban J connectivity index is 1.96. The van der Waals surface area contributed by atoms with Crippen molar-refractivity contribution in [1.29, 1.82) is 0 Å². The Kier molecular flexibility index (Phi) is 4.94. The van der Waals surface area contributed by atoms with Crippen LogP contribution in [0.3, 0.4) is 0 Å². The number of aliphatic hydroxyl groups excluding tert-OH is 1. The first-order valence-electron chi connectivity index (χ1n) is 6.69. The molecule has 20 heavy (non-hydrogen) atoms. The molecule has 1 fully saturated rings. The molecule has 0 spiro atoms. The van der Waals surface area contributed by atoms with E-state index in [1.807, 2.05) is 17.9 Å². The standard InChI is InChI=1S/C14H21N3O3/c1-10-2-3-11(15)6-13(10)16-14(19)7-17-4-5-20-9-12(17)8-18/h2-3,6,12,18H,4-5,7-9,15H2,1H3,(H,16,19). The molecule has 0 aromatic heterocycles. The number of ether oxygens (including phenoxy) is 1. The number of carbonyl (C=O) groups excluding carboxylic acids is 1. The molecule has 0 aliphatic carbocycles. The van der Waals surface area contributed by atoms with Crippen molar-refractivity contribution in [1.82, 2.24) is 4.90 Å². The molecule has 1 aromatic rings. The first-order chi connectivity index (χ1) is 9.60. The van der Waals surface area contributed by atoms with Crippen LogP contribution in [0.2, 0.25) is 0 Å². The number of hydrogen-bond donors (Lipinski definition) is 3. The minimum absolute atomic E-state index is 0.00933. The SMILES string of the molecule is Cc1ccc(N)cc1NC(=O)CN1CCOCC1CO. The molecule has 6 heteroatoms. The van der Waals surface area contributed by atoms with Crippen molar-refractivity contribution in [2.45, 2.75) is 13.0 Å². The number of nitrogen functional groups attached to an aromatic ring is 1. The summed E-state index contributed by atoms with van der Waals surface area (Å²) in [7, 11) is 0. The van der Waals surface area contributed by atoms with Gasteiger partial charge < -0.3 is 20.9 Å². The predicted molar refractivity (Wildman–Crippen MR) is 77.5 cm³/mol. The molecule has 0 saturated carbocycles. The zero-order chi connectivity index (χ0) is 14.5. The highest BCUT2D eigenvalue weighted by Crippen LogP contribution is 2.18. The first kappa shape index (κ1) is 14.8. The Hall–Kier alpha value is -1.63. The highest BCUT2D eigenvalue weighted by Gasteiger charge is 2.24. The van der Waals surface area contributed by atoms with Gasteiger partial charge in [0.1, 0.15) is 0 Å². The van der Waals surface area contributed by atoms with Crippen molar-refractivity contribution in [3.05, 3.63) is 23.8 Å². The number of nitrogens with zero attached hydrogens (tertiary/aromatic N) is 1. The number of amides is 1. The van der Waals surface area contributed by atoms with Crippen molar-refractivity contribution in [2.24, 2.45) is 0 Å². The number of benzene rings is 1. The summed E-state index contributed by atoms with van der Waals surface area (Å²) in [5.41, 5.74) is 8.03. The summed E-state index contributed by atoms with van der Waals surface area (Å²) in [6, 6.07) is 5.30. The van der Waals surface area contributed by atoms with Crippen LogP contribution in [0, 0.1) is 6.92 Å². The van der Waals surface area contributed by atoms with Crippen LogP contribution < -0.4 is 11.1 Å². The molecule has 1 aliphatic heterocycles. The maximum atomic E-state index is 12.1. The number of rotatable bonds is 4. The molecule has 1 amide bonds. The molecule has 6 nitrogen and oxygen atoms in total. The Morgan fingerprint density at radius 1 is 1.60 bits per heavy atom. The Morgan fingerprint density at radius 2 is 2.40 bits per heavy atom. The average Bonchev–Trinajstić information content (AvgIpc) is 2.43. The average molecular weight is 279 g/mol. The fourth-order valence-corrected chi connectivity index (χ4v) is 2.21. The number of carbonyl (C=O) groups is 1. The summed E-state index contributed by atoms with van der Waals surface area (Å²) in [5, 5.41) is 12.1. The van der Waals surface area contributed by atoms with E-state index in [-0.39, 0.29) is 25.1 Å². The third-order valence-corrected chi connectivity index (χ3v) is 3.44. The van der Waals surface area contributed by atoms with Gasteiger partial charge in [-0.2, -0.15) is 0 Å². The monoisotopic (exact) mass is 279 g/mol. The van der Waals surface area contributed by atoms with Crippen molar-refractivity contribution in [3.8, 4) is 0 Å². The van der Waals surface area contributed by atoms with Gasteiger partial charge in [0.15, 0.2) is 0 Å². The van der Waals surface area contributed by atoms with Gasteiger partial charge >= 0.3 is 0 Å². The second-order valence-electron chi connectivity index (χ2n) is 5.00. The Labute approximate surface area is 118 Å². The lowest BCUT2D eigenvalue weighted by molar-refractivity contribution is -0.120. The number of hydrogen-bond acceptors (Lipinski definition) is 5. The van der Waals surface area contributed by atoms with Crippen molar-refractivity contribution >= 4 is 17.3 Å². The molecule has 1 aromatic carbocycles. The van der Waals surface area contributed by atoms with E-state index in [2.05, 4.69) is 5.32 Å². The van der Waals surface area contributed by atoms with Crippen LogP contribution in [0.5, 0.6) is 0 Å². The number of aliphatic hydroxyl groups is 1. The van der Waals surface area contributed by atoms with Gasteiger partial charge in [-0.1, -0.05) is 6.07 Å². The fraction of sp³-hybridized carbons (Fsp3) is 0.500. The molecule has 0 bridgehead atoms. The largest absolute Gasteiger partial charge is 0.399 e. The molecule has 1 aliphatic rings. The highest BCUT2D eigenvalue weighted by atomic mass is 16.5. The maximum absolute atomic E-state index is 12.1. The topological polar surface area (TPSA) is 87.8 Å². The number of morpholine rings is 1. The zero-order valence-electron chi connectivity index (χ0n) is 11.6. The van der Waals surface area contributed by atoms with Crippen LogP contribution in [0.1, 0.15) is 5.56 Å². The molecular formula is C14H21N3O3. The van der Waals surface area contributed by atoms with Crippen molar-refractivity contribution in [3.63, 3.8) is 0 Å². The van der Waals surface area contributed by atoms with Crippen molar-refractivity contribution < 1.29 is 14.6 Å². The molecule has 110 valence electrons. The quantitative estimate of drug-likeness (QED) is 0.686. The van der Waals surface area contributed by atoms with E-state index < -0.39 is 0 Å². The predicted octanol–water partition coefficient (Wildman–Crippen LogP) is 0.209. The van der Waals surface area contributed by atoms with Gasteiger partial charge in [-0.05, 0) is 24.6 Å². The van der Waals surface area contributed by atoms with Crippen molar-refractivity contribution in [2.75, 3.05) is 44.0 Å². The number of nitrogens with one attached hydrogen (secondary N) is 1. The molecule has 1 atom stereocenters. The van der Waals surface area contributed by atoms with E-state index in [1.165, 1.54) is 0 Å². The van der Waals surface area contributed by atoms with Gasteiger partial charge in [0.05, 0.1) is 32.4 Å². The molecule has 1 unspecified atom stereocenters. The third-order valence-electron chi connectivity index (χ3n) is 3.44. The molecule has 1 saturated heterocycles. The molecular weight excluding hydrogens is 258 g/mol. The van der Waals surface area contributed by atoms with E-state index >= 15 is 0 Å². The molecule has 4 N–H and O–H groups in total. The Bertz CT molecular complexity index is 479. The van der Waals surface area contributed by atoms with E-state index in [0.717, 1.165) is 11.3 Å². The lowest BCUT2D eigenvalue weighted by Gasteiger charge is -2.33. The molecule has 2 rings (SSSR count). The summed E-state index contributed by atoms with van der Waals surface area (Å²) >= 11 is 0. The summed E-state index contributed by atoms with van der Waals surface area (Å²) < 4.78 is 5.29. The normalized spacial score (nSPS) is 19.8. The van der Waals surface area contributed by atoms with Gasteiger partial charge in [0, 0.05) is 17.9 Å². The first-order valence-corrected chi connectivity index (χ1v) is 6.69. The van der Waals surface area contributed by atoms with Gasteiger partial charge in [0.25, 0.3) is 0 Å². The van der Waals surface area contributed by atoms with E-state index in [4.69, 9.17) is 10.5 Å². The van der Waals surface area contributed by atoms with Gasteiger partial charge in [-0.25, -0.2) is 0 Å². The summed E-state index contributed by atoms with van der Waals surface area (Å²) in [5.74, 6) is -0.112. The van der Waals surface area contributed by atoms with E-state index in [1.54, 1.807) is 12.1 Å². The lowest BCUT2D eigenvalue weighted by Crippen LogP contribution is -2.50. The van der Waals surface area contributed by atoms with Crippen LogP contribution in [-0.4, -0.2) is 54.9 Å². The van der Waals surface area contributed by atoms with Gasteiger partial charge in [-0.15, -0.1) is 0 Å². The number of anilines is 2. The van der Waals surface area contributed by atoms with Crippen LogP contribution in [0.25, 0.3) is 0 Å². The van der Waals surface area contributed by atoms with Crippen LogP contribution in [0.15, 0.2) is 18.2 Å². The fourth-order valence-electron chi connectivity index (χ4n) is 2.21. The number of nitrogens with two attached hydrogens (primary N) is 1. The molecule has 1 heterocycles. The smallest absolute Gasteiger partial charge is 0.238 e. The Morgan fingerprint density at radius 3 is 3.15 bits per heavy atom. The van der Waals surface area contributed by atoms with E-state index in [0.29, 0.717) is 25.4 Å². The highest BCUT2D eigenvalue weighted by molar-refractivity contribution is 5.93. The summed E-state index contributed by atoms with van der Waals surface area (Å²) in [4.78, 5) is 14.0.